The minimum Gasteiger partial charge on any atom is -0.481 e. The van der Waals surface area contributed by atoms with E-state index in [4.69, 9.17) is 5.11 Å². The Morgan fingerprint density at radius 3 is 2.26 bits per heavy atom. The lowest BCUT2D eigenvalue weighted by molar-refractivity contribution is -0.137. The summed E-state index contributed by atoms with van der Waals surface area (Å²) in [5.74, 6) is -1.73. The minimum absolute atomic E-state index is 0.00434. The Labute approximate surface area is 111 Å². The molecular weight excluding hydrogens is 270 g/mol. The molecule has 7 heteroatoms. The Hall–Kier alpha value is -1.89. The summed E-state index contributed by atoms with van der Waals surface area (Å²) >= 11 is 0. The van der Waals surface area contributed by atoms with Gasteiger partial charge in [-0.15, -0.1) is 0 Å². The van der Waals surface area contributed by atoms with Crippen LogP contribution in [0.2, 0.25) is 0 Å². The van der Waals surface area contributed by atoms with Crippen LogP contribution in [-0.4, -0.2) is 25.4 Å². The van der Waals surface area contributed by atoms with Crippen LogP contribution in [0.4, 0.5) is 0 Å². The molecule has 0 radical (unpaired) electrons. The van der Waals surface area contributed by atoms with E-state index < -0.39 is 21.9 Å². The number of rotatable bonds is 6. The average molecular weight is 285 g/mol. The summed E-state index contributed by atoms with van der Waals surface area (Å²) in [6, 6.07) is 6.07. The molecule has 6 nitrogen and oxygen atoms in total. The molecular formula is C12H15NO5S. The van der Waals surface area contributed by atoms with E-state index in [0.717, 1.165) is 5.56 Å². The maximum Gasteiger partial charge on any atom is 0.303 e. The molecule has 0 spiro atoms. The third kappa shape index (κ3) is 5.09. The number of carboxylic acid groups (broad SMARTS) is 1. The summed E-state index contributed by atoms with van der Waals surface area (Å²) in [7, 11) is -3.87. The Balaban J connectivity index is 2.62. The number of benzene rings is 1. The third-order valence-electron chi connectivity index (χ3n) is 2.37. The van der Waals surface area contributed by atoms with Gasteiger partial charge in [0, 0.05) is 12.8 Å². The van der Waals surface area contributed by atoms with Gasteiger partial charge in [0.1, 0.15) is 0 Å². The second-order valence-electron chi connectivity index (χ2n) is 4.09. The third-order valence-corrected chi connectivity index (χ3v) is 3.76. The van der Waals surface area contributed by atoms with E-state index in [1.807, 2.05) is 11.6 Å². The predicted octanol–water partition coefficient (Wildman–Crippen LogP) is 1.05. The lowest BCUT2D eigenvalue weighted by Gasteiger charge is -2.06. The highest BCUT2D eigenvalue weighted by Gasteiger charge is 2.17. The van der Waals surface area contributed by atoms with E-state index in [1.54, 1.807) is 12.1 Å². The molecule has 0 aliphatic carbocycles. The van der Waals surface area contributed by atoms with Crippen LogP contribution in [0.3, 0.4) is 0 Å². The van der Waals surface area contributed by atoms with E-state index in [0.29, 0.717) is 0 Å². The van der Waals surface area contributed by atoms with Crippen LogP contribution in [0.15, 0.2) is 29.2 Å². The van der Waals surface area contributed by atoms with Crippen molar-refractivity contribution < 1.29 is 23.1 Å². The lowest BCUT2D eigenvalue weighted by atomic mass is 10.2. The zero-order chi connectivity index (χ0) is 14.5. The molecule has 1 rings (SSSR count). The predicted molar refractivity (Wildman–Crippen MR) is 68.0 cm³/mol. The van der Waals surface area contributed by atoms with Crippen LogP contribution in [0.5, 0.6) is 0 Å². The Morgan fingerprint density at radius 2 is 1.74 bits per heavy atom. The van der Waals surface area contributed by atoms with Crippen LogP contribution in [0.25, 0.3) is 0 Å². The Bertz CT molecular complexity index is 562. The second-order valence-corrected chi connectivity index (χ2v) is 5.77. The minimum atomic E-state index is -3.87. The zero-order valence-corrected chi connectivity index (χ0v) is 11.2. The SMILES string of the molecule is Cc1ccc(S(=O)(=O)NC(=O)CCCC(=O)O)cc1. The fraction of sp³-hybridized carbons (Fsp3) is 0.333. The highest BCUT2D eigenvalue weighted by Crippen LogP contribution is 2.10. The number of sulfonamides is 1. The molecule has 1 amide bonds. The normalized spacial score (nSPS) is 11.0. The van der Waals surface area contributed by atoms with Crippen molar-refractivity contribution in [1.29, 1.82) is 0 Å². The molecule has 0 unspecified atom stereocenters. The number of aryl methyl sites for hydroxylation is 1. The second kappa shape index (κ2) is 6.33. The average Bonchev–Trinajstić information content (AvgIpc) is 2.28. The summed E-state index contributed by atoms with van der Waals surface area (Å²) in [6.07, 6.45) is -0.208. The van der Waals surface area contributed by atoms with Crippen molar-refractivity contribution >= 4 is 21.9 Å². The zero-order valence-electron chi connectivity index (χ0n) is 10.4. The van der Waals surface area contributed by atoms with Gasteiger partial charge in [-0.2, -0.15) is 0 Å². The molecule has 0 aliphatic heterocycles. The van der Waals surface area contributed by atoms with Crippen LogP contribution in [0, 0.1) is 6.92 Å². The van der Waals surface area contributed by atoms with E-state index in [-0.39, 0.29) is 24.2 Å². The fourth-order valence-electron chi connectivity index (χ4n) is 1.38. The summed E-state index contributed by atoms with van der Waals surface area (Å²) in [5, 5.41) is 8.41. The van der Waals surface area contributed by atoms with E-state index in [2.05, 4.69) is 0 Å². The molecule has 0 aromatic heterocycles. The van der Waals surface area contributed by atoms with Crippen LogP contribution in [-0.2, 0) is 19.6 Å². The van der Waals surface area contributed by atoms with Crippen molar-refractivity contribution in [3.05, 3.63) is 29.8 Å². The van der Waals surface area contributed by atoms with Crippen LogP contribution >= 0.6 is 0 Å². The standard InChI is InChI=1S/C12H15NO5S/c1-9-5-7-10(8-6-9)19(17,18)13-11(14)3-2-4-12(15)16/h5-8H,2-4H2,1H3,(H,13,14)(H,15,16). The molecule has 2 N–H and O–H groups in total. The van der Waals surface area contributed by atoms with Gasteiger partial charge in [0.15, 0.2) is 0 Å². The molecule has 19 heavy (non-hydrogen) atoms. The van der Waals surface area contributed by atoms with Gasteiger partial charge in [0.05, 0.1) is 4.90 Å². The topological polar surface area (TPSA) is 101 Å². The number of amides is 1. The Kier molecular flexibility index (Phi) is 5.05. The van der Waals surface area contributed by atoms with Gasteiger partial charge in [-0.05, 0) is 25.5 Å². The molecule has 0 saturated carbocycles. The van der Waals surface area contributed by atoms with Gasteiger partial charge < -0.3 is 5.11 Å². The van der Waals surface area contributed by atoms with Gasteiger partial charge >= 0.3 is 5.97 Å². The number of nitrogens with one attached hydrogen (secondary N) is 1. The van der Waals surface area contributed by atoms with Crippen LogP contribution < -0.4 is 4.72 Å². The molecule has 0 bridgehead atoms. The number of carboxylic acids is 1. The van der Waals surface area contributed by atoms with E-state index in [1.165, 1.54) is 12.1 Å². The summed E-state index contributed by atoms with van der Waals surface area (Å²) in [6.45, 7) is 1.82. The smallest absolute Gasteiger partial charge is 0.303 e. The fourth-order valence-corrected chi connectivity index (χ4v) is 2.39. The maximum absolute atomic E-state index is 11.8. The van der Waals surface area contributed by atoms with Crippen molar-refractivity contribution in [1.82, 2.24) is 4.72 Å². The molecule has 0 fully saturated rings. The molecule has 0 aliphatic rings. The molecule has 0 atom stereocenters. The Morgan fingerprint density at radius 1 is 1.16 bits per heavy atom. The number of aliphatic carboxylic acids is 1. The summed E-state index contributed by atoms with van der Waals surface area (Å²) < 4.78 is 25.5. The quantitative estimate of drug-likeness (QED) is 0.813. The summed E-state index contributed by atoms with van der Waals surface area (Å²) in [4.78, 5) is 21.7. The van der Waals surface area contributed by atoms with Crippen molar-refractivity contribution in [3.63, 3.8) is 0 Å². The van der Waals surface area contributed by atoms with Crippen molar-refractivity contribution in [2.24, 2.45) is 0 Å². The summed E-state index contributed by atoms with van der Waals surface area (Å²) in [5.41, 5.74) is 0.909. The highest BCUT2D eigenvalue weighted by molar-refractivity contribution is 7.90. The van der Waals surface area contributed by atoms with Gasteiger partial charge in [-0.25, -0.2) is 13.1 Å². The molecule has 104 valence electrons. The largest absolute Gasteiger partial charge is 0.481 e. The number of hydrogen-bond donors (Lipinski definition) is 2. The highest BCUT2D eigenvalue weighted by atomic mass is 32.2. The van der Waals surface area contributed by atoms with Crippen molar-refractivity contribution in [2.45, 2.75) is 31.1 Å². The lowest BCUT2D eigenvalue weighted by Crippen LogP contribution is -2.30. The molecule has 1 aromatic carbocycles. The molecule has 1 aromatic rings. The number of hydrogen-bond acceptors (Lipinski definition) is 4. The maximum atomic E-state index is 11.8. The van der Waals surface area contributed by atoms with E-state index in [9.17, 15) is 18.0 Å². The first kappa shape index (κ1) is 15.2. The van der Waals surface area contributed by atoms with Gasteiger partial charge in [-0.3, -0.25) is 9.59 Å². The van der Waals surface area contributed by atoms with Gasteiger partial charge in [-0.1, -0.05) is 17.7 Å². The molecule has 0 heterocycles. The monoisotopic (exact) mass is 285 g/mol. The first-order valence-electron chi connectivity index (χ1n) is 5.65. The van der Waals surface area contributed by atoms with Crippen molar-refractivity contribution in [3.8, 4) is 0 Å². The van der Waals surface area contributed by atoms with Crippen molar-refractivity contribution in [2.75, 3.05) is 0 Å². The molecule has 0 saturated heterocycles. The van der Waals surface area contributed by atoms with Gasteiger partial charge in [0.25, 0.3) is 10.0 Å². The van der Waals surface area contributed by atoms with Gasteiger partial charge in [0.2, 0.25) is 5.91 Å². The first-order chi connectivity index (χ1) is 8.81. The van der Waals surface area contributed by atoms with E-state index >= 15 is 0 Å². The van der Waals surface area contributed by atoms with Crippen LogP contribution in [0.1, 0.15) is 24.8 Å². The first-order valence-corrected chi connectivity index (χ1v) is 7.14. The number of carbonyl (C=O) groups excluding carboxylic acids is 1. The number of carbonyl (C=O) groups is 2.